The lowest BCUT2D eigenvalue weighted by Gasteiger charge is -2.34. The van der Waals surface area contributed by atoms with E-state index in [1.807, 2.05) is 30.0 Å². The number of piperidine rings is 1. The van der Waals surface area contributed by atoms with Crippen LogP contribution in [0.3, 0.4) is 0 Å². The van der Waals surface area contributed by atoms with Gasteiger partial charge in [0.15, 0.2) is 0 Å². The molecule has 0 saturated carbocycles. The molecular formula is C29H39N3O5S. The predicted octanol–water partition coefficient (Wildman–Crippen LogP) is 4.95. The zero-order valence-corrected chi connectivity index (χ0v) is 23.2. The molecule has 1 atom stereocenters. The normalized spacial score (nSPS) is 18.1. The number of ether oxygens (including phenoxy) is 1. The number of amides is 1. The van der Waals surface area contributed by atoms with Gasteiger partial charge in [0.2, 0.25) is 15.9 Å². The van der Waals surface area contributed by atoms with Crippen molar-refractivity contribution in [2.75, 3.05) is 29.9 Å². The minimum atomic E-state index is -3.93. The van der Waals surface area contributed by atoms with Crippen molar-refractivity contribution in [3.63, 3.8) is 0 Å². The molecule has 0 aromatic heterocycles. The number of nitrogens with zero attached hydrogens (tertiary/aromatic N) is 1. The molecular weight excluding hydrogens is 502 g/mol. The number of esters is 1. The second-order valence-corrected chi connectivity index (χ2v) is 11.8. The van der Waals surface area contributed by atoms with Gasteiger partial charge in [-0.15, -0.1) is 0 Å². The first kappa shape index (κ1) is 28.1. The van der Waals surface area contributed by atoms with E-state index in [1.54, 1.807) is 25.1 Å². The largest absolute Gasteiger partial charge is 0.466 e. The molecule has 4 rings (SSSR count). The second-order valence-electron chi connectivity index (χ2n) is 10.1. The van der Waals surface area contributed by atoms with Crippen molar-refractivity contribution < 1.29 is 22.7 Å². The van der Waals surface area contributed by atoms with Crippen molar-refractivity contribution >= 4 is 33.3 Å². The van der Waals surface area contributed by atoms with Gasteiger partial charge in [-0.2, -0.15) is 0 Å². The van der Waals surface area contributed by atoms with Crippen LogP contribution in [0.1, 0.15) is 76.0 Å². The van der Waals surface area contributed by atoms with Crippen molar-refractivity contribution in [2.24, 2.45) is 5.92 Å². The fourth-order valence-corrected chi connectivity index (χ4v) is 6.87. The van der Waals surface area contributed by atoms with Crippen LogP contribution in [0, 0.1) is 5.92 Å². The number of aryl methyl sites for hydroxylation is 1. The molecule has 1 heterocycles. The number of anilines is 2. The Morgan fingerprint density at radius 1 is 1.05 bits per heavy atom. The van der Waals surface area contributed by atoms with Gasteiger partial charge in [-0.25, -0.2) is 13.1 Å². The standard InChI is InChI=1S/C29H39N3O5S/c1-3-5-13-28(33)30-23-14-15-26(32-18-16-22(17-19-32)29(34)37-4-2)27(20-23)38(35,36)31-25-12-8-10-21-9-6-7-11-24(21)25/h6-7,9,11,14-15,20,22,25,31H,3-5,8,10,12-13,16-19H2,1-2H3,(H,30,33)/t25-/m1/s1. The van der Waals surface area contributed by atoms with Crippen LogP contribution >= 0.6 is 0 Å². The zero-order valence-electron chi connectivity index (χ0n) is 22.4. The summed E-state index contributed by atoms with van der Waals surface area (Å²) in [7, 11) is -3.93. The van der Waals surface area contributed by atoms with Crippen LogP contribution in [0.15, 0.2) is 47.4 Å². The van der Waals surface area contributed by atoms with E-state index in [0.29, 0.717) is 50.3 Å². The summed E-state index contributed by atoms with van der Waals surface area (Å²) >= 11 is 0. The third-order valence-corrected chi connectivity index (χ3v) is 8.91. The maximum atomic E-state index is 13.9. The molecule has 2 aliphatic rings. The highest BCUT2D eigenvalue weighted by Crippen LogP contribution is 2.35. The summed E-state index contributed by atoms with van der Waals surface area (Å²) in [6.07, 6.45) is 5.82. The van der Waals surface area contributed by atoms with E-state index in [0.717, 1.165) is 37.7 Å². The smallest absolute Gasteiger partial charge is 0.309 e. The molecule has 38 heavy (non-hydrogen) atoms. The van der Waals surface area contributed by atoms with Gasteiger partial charge in [0.05, 0.1) is 18.2 Å². The maximum Gasteiger partial charge on any atom is 0.309 e. The lowest BCUT2D eigenvalue weighted by Crippen LogP contribution is -2.38. The highest BCUT2D eigenvalue weighted by atomic mass is 32.2. The van der Waals surface area contributed by atoms with Crippen molar-refractivity contribution in [3.05, 3.63) is 53.6 Å². The van der Waals surface area contributed by atoms with Crippen LogP contribution < -0.4 is 14.9 Å². The van der Waals surface area contributed by atoms with Gasteiger partial charge in [-0.05, 0) is 74.8 Å². The molecule has 206 valence electrons. The average Bonchev–Trinajstić information content (AvgIpc) is 2.92. The molecule has 1 saturated heterocycles. The number of fused-ring (bicyclic) bond motifs is 1. The van der Waals surface area contributed by atoms with Crippen LogP contribution in [-0.4, -0.2) is 40.0 Å². The maximum absolute atomic E-state index is 13.9. The number of nitrogens with one attached hydrogen (secondary N) is 2. The van der Waals surface area contributed by atoms with Gasteiger partial charge in [0, 0.05) is 31.2 Å². The Morgan fingerprint density at radius 3 is 2.55 bits per heavy atom. The van der Waals surface area contributed by atoms with Crippen LogP contribution in [0.25, 0.3) is 0 Å². The summed E-state index contributed by atoms with van der Waals surface area (Å²) in [5.41, 5.74) is 3.23. The molecule has 9 heteroatoms. The van der Waals surface area contributed by atoms with E-state index < -0.39 is 10.0 Å². The summed E-state index contributed by atoms with van der Waals surface area (Å²) in [6.45, 7) is 5.25. The molecule has 0 spiro atoms. The molecule has 1 amide bonds. The molecule has 2 aromatic carbocycles. The van der Waals surface area contributed by atoms with Gasteiger partial charge in [0.25, 0.3) is 0 Å². The van der Waals surface area contributed by atoms with Gasteiger partial charge >= 0.3 is 5.97 Å². The third kappa shape index (κ3) is 6.74. The molecule has 1 aliphatic heterocycles. The Bertz CT molecular complexity index is 1240. The van der Waals surface area contributed by atoms with Crippen LogP contribution in [0.5, 0.6) is 0 Å². The number of benzene rings is 2. The monoisotopic (exact) mass is 541 g/mol. The lowest BCUT2D eigenvalue weighted by molar-refractivity contribution is -0.148. The molecule has 2 N–H and O–H groups in total. The third-order valence-electron chi connectivity index (χ3n) is 7.41. The van der Waals surface area contributed by atoms with E-state index in [4.69, 9.17) is 4.74 Å². The minimum absolute atomic E-state index is 0.132. The number of carbonyl (C=O) groups is 2. The first-order valence-electron chi connectivity index (χ1n) is 13.8. The number of sulfonamides is 1. The quantitative estimate of drug-likeness (QED) is 0.413. The van der Waals surface area contributed by atoms with Crippen molar-refractivity contribution in [1.29, 1.82) is 0 Å². The molecule has 8 nitrogen and oxygen atoms in total. The van der Waals surface area contributed by atoms with Gasteiger partial charge in [-0.3, -0.25) is 9.59 Å². The first-order chi connectivity index (χ1) is 18.3. The average molecular weight is 542 g/mol. The van der Waals surface area contributed by atoms with Crippen LogP contribution in [-0.2, 0) is 30.8 Å². The second kappa shape index (κ2) is 12.8. The fraction of sp³-hybridized carbons (Fsp3) is 0.517. The van der Waals surface area contributed by atoms with E-state index >= 15 is 0 Å². The first-order valence-corrected chi connectivity index (χ1v) is 15.3. The SMILES string of the molecule is CCCCC(=O)Nc1ccc(N2CCC(C(=O)OCC)CC2)c(S(=O)(=O)N[C@@H]2CCCc3ccccc32)c1. The molecule has 0 radical (unpaired) electrons. The van der Waals surface area contributed by atoms with Gasteiger partial charge in [-0.1, -0.05) is 37.6 Å². The Morgan fingerprint density at radius 2 is 1.82 bits per heavy atom. The molecule has 0 unspecified atom stereocenters. The van der Waals surface area contributed by atoms with Crippen LogP contribution in [0.2, 0.25) is 0 Å². The Labute approximate surface area is 226 Å². The predicted molar refractivity (Wildman–Crippen MR) is 149 cm³/mol. The number of rotatable bonds is 10. The molecule has 1 aliphatic carbocycles. The Balaban J connectivity index is 1.61. The number of hydrogen-bond acceptors (Lipinski definition) is 6. The van der Waals surface area contributed by atoms with Gasteiger partial charge < -0.3 is 15.0 Å². The summed E-state index contributed by atoms with van der Waals surface area (Å²) < 4.78 is 36.0. The summed E-state index contributed by atoms with van der Waals surface area (Å²) in [6, 6.07) is 12.8. The topological polar surface area (TPSA) is 105 Å². The van der Waals surface area contributed by atoms with Crippen molar-refractivity contribution in [1.82, 2.24) is 4.72 Å². The highest BCUT2D eigenvalue weighted by molar-refractivity contribution is 7.89. The lowest BCUT2D eigenvalue weighted by atomic mass is 9.88. The zero-order chi connectivity index (χ0) is 27.1. The van der Waals surface area contributed by atoms with Crippen molar-refractivity contribution in [2.45, 2.75) is 76.2 Å². The van der Waals surface area contributed by atoms with E-state index in [-0.39, 0.29) is 28.7 Å². The molecule has 2 aromatic rings. The van der Waals surface area contributed by atoms with Gasteiger partial charge in [0.1, 0.15) is 4.90 Å². The van der Waals surface area contributed by atoms with E-state index in [2.05, 4.69) is 16.1 Å². The number of hydrogen-bond donors (Lipinski definition) is 2. The summed E-state index contributed by atoms with van der Waals surface area (Å²) in [5.74, 6) is -0.504. The summed E-state index contributed by atoms with van der Waals surface area (Å²) in [5, 5.41) is 2.86. The fourth-order valence-electron chi connectivity index (χ4n) is 5.37. The molecule has 0 bridgehead atoms. The number of unbranched alkanes of at least 4 members (excludes halogenated alkanes) is 1. The van der Waals surface area contributed by atoms with Crippen LogP contribution in [0.4, 0.5) is 11.4 Å². The van der Waals surface area contributed by atoms with E-state index in [9.17, 15) is 18.0 Å². The van der Waals surface area contributed by atoms with Crippen molar-refractivity contribution in [3.8, 4) is 0 Å². The number of carbonyl (C=O) groups excluding carboxylic acids is 2. The Hall–Kier alpha value is -2.91. The summed E-state index contributed by atoms with van der Waals surface area (Å²) in [4.78, 5) is 26.8. The minimum Gasteiger partial charge on any atom is -0.466 e. The highest BCUT2D eigenvalue weighted by Gasteiger charge is 2.32. The Kier molecular flexibility index (Phi) is 9.44. The molecule has 1 fully saturated rings. The van der Waals surface area contributed by atoms with E-state index in [1.165, 1.54) is 5.56 Å².